The summed E-state index contributed by atoms with van der Waals surface area (Å²) in [6.07, 6.45) is 4.38. The number of hydrogen-bond donors (Lipinski definition) is 2. The molecule has 1 aromatic heterocycles. The van der Waals surface area contributed by atoms with Crippen LogP contribution in [-0.2, 0) is 0 Å². The Morgan fingerprint density at radius 1 is 1.26 bits per heavy atom. The first-order valence-electron chi connectivity index (χ1n) is 6.87. The molecule has 3 rings (SSSR count). The second-order valence-electron chi connectivity index (χ2n) is 5.34. The predicted molar refractivity (Wildman–Crippen MR) is 79.7 cm³/mol. The Bertz CT molecular complexity index is 561. The molecule has 1 aromatic carbocycles. The average molecular weight is 275 g/mol. The van der Waals surface area contributed by atoms with Crippen molar-refractivity contribution < 1.29 is 0 Å². The van der Waals surface area contributed by atoms with Gasteiger partial charge in [-0.2, -0.15) is 0 Å². The van der Waals surface area contributed by atoms with Crippen LogP contribution in [0.5, 0.6) is 0 Å². The number of hydrogen-bond acceptors (Lipinski definition) is 1. The first kappa shape index (κ1) is 12.8. The lowest BCUT2D eigenvalue weighted by molar-refractivity contribution is 0.369. The molecular formula is C16H19ClN2. The molecule has 0 saturated carbocycles. The number of piperidine rings is 1. The third kappa shape index (κ3) is 2.70. The molecule has 100 valence electrons. The maximum atomic E-state index is 6.09. The van der Waals surface area contributed by atoms with Crippen molar-refractivity contribution >= 4 is 11.6 Å². The van der Waals surface area contributed by atoms with Crippen LogP contribution in [-0.4, -0.2) is 11.5 Å². The summed E-state index contributed by atoms with van der Waals surface area (Å²) in [5, 5.41) is 4.42. The fourth-order valence-electron chi connectivity index (χ4n) is 3.08. The zero-order chi connectivity index (χ0) is 13.2. The molecule has 0 bridgehead atoms. The Morgan fingerprint density at radius 3 is 2.89 bits per heavy atom. The third-order valence-corrected chi connectivity index (χ3v) is 4.33. The lowest BCUT2D eigenvalue weighted by atomic mass is 9.84. The quantitative estimate of drug-likeness (QED) is 0.845. The van der Waals surface area contributed by atoms with Gasteiger partial charge in [-0.25, -0.2) is 0 Å². The summed E-state index contributed by atoms with van der Waals surface area (Å²) in [5.41, 5.74) is 4.07. The van der Waals surface area contributed by atoms with Crippen molar-refractivity contribution in [3.8, 4) is 0 Å². The van der Waals surface area contributed by atoms with E-state index >= 15 is 0 Å². The van der Waals surface area contributed by atoms with E-state index < -0.39 is 0 Å². The van der Waals surface area contributed by atoms with Crippen LogP contribution in [0, 0.1) is 6.92 Å². The molecule has 1 saturated heterocycles. The number of aromatic amines is 1. The zero-order valence-electron chi connectivity index (χ0n) is 11.1. The summed E-state index contributed by atoms with van der Waals surface area (Å²) in [6, 6.07) is 10.8. The van der Waals surface area contributed by atoms with Crippen LogP contribution in [0.1, 0.15) is 41.6 Å². The minimum atomic E-state index is 0.409. The summed E-state index contributed by atoms with van der Waals surface area (Å²) < 4.78 is 0. The van der Waals surface area contributed by atoms with E-state index in [9.17, 15) is 0 Å². The maximum Gasteiger partial charge on any atom is 0.0409 e. The van der Waals surface area contributed by atoms with Gasteiger partial charge in [-0.05, 0) is 61.6 Å². The van der Waals surface area contributed by atoms with Gasteiger partial charge in [-0.3, -0.25) is 0 Å². The molecule has 1 aliphatic rings. The largest absolute Gasteiger partial charge is 0.365 e. The molecule has 1 aliphatic heterocycles. The maximum absolute atomic E-state index is 6.09. The van der Waals surface area contributed by atoms with Gasteiger partial charge in [0.15, 0.2) is 0 Å². The van der Waals surface area contributed by atoms with E-state index in [1.165, 1.54) is 23.2 Å². The van der Waals surface area contributed by atoms with Gasteiger partial charge < -0.3 is 10.3 Å². The monoisotopic (exact) mass is 274 g/mol. The van der Waals surface area contributed by atoms with Crippen molar-refractivity contribution in [2.45, 2.75) is 31.7 Å². The summed E-state index contributed by atoms with van der Waals surface area (Å²) in [5.74, 6) is 0.636. The van der Waals surface area contributed by atoms with Gasteiger partial charge in [-0.1, -0.05) is 23.7 Å². The van der Waals surface area contributed by atoms with E-state index in [4.69, 9.17) is 11.6 Å². The molecule has 0 spiro atoms. The second kappa shape index (κ2) is 5.40. The first-order chi connectivity index (χ1) is 9.24. The van der Waals surface area contributed by atoms with Crippen molar-refractivity contribution in [3.05, 3.63) is 58.4 Å². The molecule has 3 heteroatoms. The van der Waals surface area contributed by atoms with E-state index in [0.717, 1.165) is 18.0 Å². The Hall–Kier alpha value is -1.25. The van der Waals surface area contributed by atoms with Crippen molar-refractivity contribution in [2.75, 3.05) is 6.54 Å². The van der Waals surface area contributed by atoms with E-state index in [0.29, 0.717) is 12.0 Å². The molecule has 2 atom stereocenters. The van der Waals surface area contributed by atoms with Gasteiger partial charge in [0.1, 0.15) is 0 Å². The Kier molecular flexibility index (Phi) is 3.63. The lowest BCUT2D eigenvalue weighted by Gasteiger charge is -2.31. The second-order valence-corrected chi connectivity index (χ2v) is 5.78. The van der Waals surface area contributed by atoms with Crippen LogP contribution in [0.2, 0.25) is 5.02 Å². The van der Waals surface area contributed by atoms with Crippen LogP contribution in [0.3, 0.4) is 0 Å². The van der Waals surface area contributed by atoms with Gasteiger partial charge in [0.25, 0.3) is 0 Å². The zero-order valence-corrected chi connectivity index (χ0v) is 11.9. The molecule has 0 aliphatic carbocycles. The number of nitrogens with one attached hydrogen (secondary N) is 2. The third-order valence-electron chi connectivity index (χ3n) is 4.09. The Balaban J connectivity index is 1.80. The summed E-state index contributed by atoms with van der Waals surface area (Å²) in [7, 11) is 0. The number of aryl methyl sites for hydroxylation is 1. The van der Waals surface area contributed by atoms with Gasteiger partial charge >= 0.3 is 0 Å². The minimum absolute atomic E-state index is 0.409. The normalized spacial score (nSPS) is 23.5. The molecule has 2 aromatic rings. The summed E-state index contributed by atoms with van der Waals surface area (Å²) in [6.45, 7) is 3.22. The topological polar surface area (TPSA) is 27.8 Å². The lowest BCUT2D eigenvalue weighted by Crippen LogP contribution is -2.31. The first-order valence-corrected chi connectivity index (χ1v) is 7.24. The highest BCUT2D eigenvalue weighted by molar-refractivity contribution is 6.30. The number of rotatable bonds is 2. The van der Waals surface area contributed by atoms with Crippen molar-refractivity contribution in [3.63, 3.8) is 0 Å². The van der Waals surface area contributed by atoms with Crippen LogP contribution in [0.4, 0.5) is 0 Å². The molecule has 2 unspecified atom stereocenters. The van der Waals surface area contributed by atoms with Crippen LogP contribution >= 0.6 is 11.6 Å². The molecule has 2 heterocycles. The molecule has 0 radical (unpaired) electrons. The molecule has 2 nitrogen and oxygen atoms in total. The van der Waals surface area contributed by atoms with E-state index in [2.05, 4.69) is 35.4 Å². The van der Waals surface area contributed by atoms with Crippen LogP contribution in [0.15, 0.2) is 36.5 Å². The SMILES string of the molecule is Cc1[nH]ccc1C1CCNC(c2cccc(Cl)c2)C1. The number of benzene rings is 1. The predicted octanol–water partition coefficient (Wildman–Crippen LogP) is 4.18. The molecule has 2 N–H and O–H groups in total. The van der Waals surface area contributed by atoms with E-state index in [1.807, 2.05) is 18.3 Å². The summed E-state index contributed by atoms with van der Waals surface area (Å²) in [4.78, 5) is 3.29. The molecule has 0 amide bonds. The summed E-state index contributed by atoms with van der Waals surface area (Å²) >= 11 is 6.09. The van der Waals surface area contributed by atoms with Gasteiger partial charge in [0.2, 0.25) is 0 Å². The van der Waals surface area contributed by atoms with Gasteiger partial charge in [-0.15, -0.1) is 0 Å². The average Bonchev–Trinajstić information content (AvgIpc) is 2.85. The number of aromatic nitrogens is 1. The van der Waals surface area contributed by atoms with Crippen molar-refractivity contribution in [1.82, 2.24) is 10.3 Å². The molecule has 1 fully saturated rings. The van der Waals surface area contributed by atoms with E-state index in [-0.39, 0.29) is 0 Å². The fourth-order valence-corrected chi connectivity index (χ4v) is 3.28. The van der Waals surface area contributed by atoms with Crippen molar-refractivity contribution in [2.24, 2.45) is 0 Å². The van der Waals surface area contributed by atoms with Gasteiger partial charge in [0.05, 0.1) is 0 Å². The Labute approximate surface area is 119 Å². The van der Waals surface area contributed by atoms with Gasteiger partial charge in [0, 0.05) is 23.0 Å². The Morgan fingerprint density at radius 2 is 2.16 bits per heavy atom. The highest BCUT2D eigenvalue weighted by atomic mass is 35.5. The van der Waals surface area contributed by atoms with Crippen molar-refractivity contribution in [1.29, 1.82) is 0 Å². The molecule has 19 heavy (non-hydrogen) atoms. The highest BCUT2D eigenvalue weighted by Gasteiger charge is 2.25. The van der Waals surface area contributed by atoms with E-state index in [1.54, 1.807) is 0 Å². The highest BCUT2D eigenvalue weighted by Crippen LogP contribution is 2.35. The number of H-pyrrole nitrogens is 1. The molecular weight excluding hydrogens is 256 g/mol. The van der Waals surface area contributed by atoms with Crippen LogP contribution in [0.25, 0.3) is 0 Å². The number of halogens is 1. The fraction of sp³-hybridized carbons (Fsp3) is 0.375. The van der Waals surface area contributed by atoms with Crippen LogP contribution < -0.4 is 5.32 Å². The minimum Gasteiger partial charge on any atom is -0.365 e. The smallest absolute Gasteiger partial charge is 0.0409 e. The standard InChI is InChI=1S/C16H19ClN2/c1-11-15(6-8-18-11)12-5-7-19-16(10-12)13-3-2-4-14(17)9-13/h2-4,6,8-9,12,16,18-19H,5,7,10H2,1H3.